The minimum atomic E-state index is 0.501. The van der Waals surface area contributed by atoms with Crippen LogP contribution in [0.25, 0.3) is 0 Å². The normalized spacial score (nSPS) is 24.3. The van der Waals surface area contributed by atoms with Gasteiger partial charge in [-0.3, -0.25) is 4.79 Å². The van der Waals surface area contributed by atoms with Gasteiger partial charge in [0.15, 0.2) is 0 Å². The maximum atomic E-state index is 11.6. The number of carbonyl (C=O) groups excluding carboxylic acids is 1. The first-order valence-electron chi connectivity index (χ1n) is 8.06. The van der Waals surface area contributed by atoms with E-state index in [4.69, 9.17) is 0 Å². The van der Waals surface area contributed by atoms with E-state index in [-0.39, 0.29) is 0 Å². The molecule has 0 atom stereocenters. The summed E-state index contributed by atoms with van der Waals surface area (Å²) in [6, 6.07) is 0. The lowest BCUT2D eigenvalue weighted by molar-refractivity contribution is -0.119. The molecule has 1 aliphatic carbocycles. The van der Waals surface area contributed by atoms with Crippen molar-refractivity contribution >= 4 is 5.78 Å². The van der Waals surface area contributed by atoms with E-state index in [9.17, 15) is 4.79 Å². The Morgan fingerprint density at radius 2 is 0.944 bits per heavy atom. The smallest absolute Gasteiger partial charge is 0.132 e. The quantitative estimate of drug-likeness (QED) is 0.512. The topological polar surface area (TPSA) is 17.1 Å². The molecule has 104 valence electrons. The molecular formula is C17H30O. The lowest BCUT2D eigenvalue weighted by Gasteiger charge is -2.02. The highest BCUT2D eigenvalue weighted by molar-refractivity contribution is 5.78. The third-order valence-electron chi connectivity index (χ3n) is 3.82. The van der Waals surface area contributed by atoms with Gasteiger partial charge in [-0.1, -0.05) is 50.7 Å². The molecule has 18 heavy (non-hydrogen) atoms. The molecule has 1 aliphatic rings. The van der Waals surface area contributed by atoms with Crippen LogP contribution in [-0.4, -0.2) is 5.78 Å². The lowest BCUT2D eigenvalue weighted by Crippen LogP contribution is -1.97. The molecule has 0 fully saturated rings. The summed E-state index contributed by atoms with van der Waals surface area (Å²) < 4.78 is 0. The molecule has 0 aromatic carbocycles. The van der Waals surface area contributed by atoms with E-state index in [2.05, 4.69) is 12.2 Å². The molecule has 0 saturated heterocycles. The first-order valence-corrected chi connectivity index (χ1v) is 8.06. The highest BCUT2D eigenvalue weighted by Crippen LogP contribution is 2.12. The zero-order chi connectivity index (χ0) is 12.9. The van der Waals surface area contributed by atoms with Crippen molar-refractivity contribution in [2.24, 2.45) is 0 Å². The van der Waals surface area contributed by atoms with Crippen LogP contribution in [0.5, 0.6) is 0 Å². The number of carbonyl (C=O) groups is 1. The van der Waals surface area contributed by atoms with E-state index in [0.717, 1.165) is 25.7 Å². The summed E-state index contributed by atoms with van der Waals surface area (Å²) in [5, 5.41) is 0. The Balaban J connectivity index is 2.17. The number of ketones is 1. The van der Waals surface area contributed by atoms with Crippen molar-refractivity contribution in [2.75, 3.05) is 0 Å². The summed E-state index contributed by atoms with van der Waals surface area (Å²) in [6.45, 7) is 0. The lowest BCUT2D eigenvalue weighted by atomic mass is 10.0. The maximum Gasteiger partial charge on any atom is 0.132 e. The Labute approximate surface area is 113 Å². The molecule has 1 heteroatoms. The van der Waals surface area contributed by atoms with Crippen LogP contribution >= 0.6 is 0 Å². The largest absolute Gasteiger partial charge is 0.300 e. The number of hydrogen-bond donors (Lipinski definition) is 0. The fraction of sp³-hybridized carbons (Fsp3) is 0.824. The highest BCUT2D eigenvalue weighted by Gasteiger charge is 2.01. The molecule has 0 aromatic rings. The Morgan fingerprint density at radius 1 is 0.556 bits per heavy atom. The number of hydrogen-bond acceptors (Lipinski definition) is 1. The minimum absolute atomic E-state index is 0.501. The monoisotopic (exact) mass is 250 g/mol. The first kappa shape index (κ1) is 15.5. The van der Waals surface area contributed by atoms with Gasteiger partial charge < -0.3 is 0 Å². The van der Waals surface area contributed by atoms with Gasteiger partial charge in [0.05, 0.1) is 0 Å². The molecule has 1 rings (SSSR count). The van der Waals surface area contributed by atoms with Gasteiger partial charge >= 0.3 is 0 Å². The van der Waals surface area contributed by atoms with Crippen LogP contribution in [0.4, 0.5) is 0 Å². The van der Waals surface area contributed by atoms with E-state index >= 15 is 0 Å². The van der Waals surface area contributed by atoms with Gasteiger partial charge in [-0.15, -0.1) is 0 Å². The highest BCUT2D eigenvalue weighted by atomic mass is 16.1. The molecule has 0 N–H and O–H groups in total. The SMILES string of the molecule is O=C1CCCCCCC/C=C/CCCCCCC1. The standard InChI is InChI=1S/C17H30O/c18-17-15-13-11-9-7-5-3-1-2-4-6-8-10-12-14-16-17/h1-2H,3-16H2/b2-1+. The average Bonchev–Trinajstić information content (AvgIpc) is 2.37. The van der Waals surface area contributed by atoms with E-state index in [1.54, 1.807) is 0 Å². The Hall–Kier alpha value is -0.590. The van der Waals surface area contributed by atoms with Crippen LogP contribution in [-0.2, 0) is 4.79 Å². The average molecular weight is 250 g/mol. The maximum absolute atomic E-state index is 11.6. The van der Waals surface area contributed by atoms with Gasteiger partial charge in [0.2, 0.25) is 0 Å². The Bertz CT molecular complexity index is 208. The van der Waals surface area contributed by atoms with Gasteiger partial charge in [0.25, 0.3) is 0 Å². The molecule has 0 aliphatic heterocycles. The summed E-state index contributed by atoms with van der Waals surface area (Å²) in [5.41, 5.74) is 0. The van der Waals surface area contributed by atoms with Gasteiger partial charge in [0, 0.05) is 12.8 Å². The third kappa shape index (κ3) is 9.44. The van der Waals surface area contributed by atoms with Crippen molar-refractivity contribution in [1.82, 2.24) is 0 Å². The predicted molar refractivity (Wildman–Crippen MR) is 78.8 cm³/mol. The molecule has 0 unspecified atom stereocenters. The zero-order valence-corrected chi connectivity index (χ0v) is 12.0. The Morgan fingerprint density at radius 3 is 1.44 bits per heavy atom. The number of Topliss-reactive ketones (excluding diaryl/α,β-unsaturated/α-hetero) is 1. The van der Waals surface area contributed by atoms with Crippen molar-refractivity contribution < 1.29 is 4.79 Å². The van der Waals surface area contributed by atoms with Crippen LogP contribution < -0.4 is 0 Å². The van der Waals surface area contributed by atoms with Gasteiger partial charge in [-0.05, 0) is 38.5 Å². The number of allylic oxidation sites excluding steroid dienone is 2. The minimum Gasteiger partial charge on any atom is -0.300 e. The van der Waals surface area contributed by atoms with Gasteiger partial charge in [0.1, 0.15) is 5.78 Å². The van der Waals surface area contributed by atoms with E-state index in [0.29, 0.717) is 5.78 Å². The van der Waals surface area contributed by atoms with Crippen LogP contribution in [0.3, 0.4) is 0 Å². The van der Waals surface area contributed by atoms with Crippen LogP contribution in [0.2, 0.25) is 0 Å². The van der Waals surface area contributed by atoms with E-state index < -0.39 is 0 Å². The van der Waals surface area contributed by atoms with Crippen LogP contribution in [0, 0.1) is 0 Å². The molecule has 0 radical (unpaired) electrons. The molecule has 0 amide bonds. The van der Waals surface area contributed by atoms with Crippen molar-refractivity contribution in [3.05, 3.63) is 12.2 Å². The summed E-state index contributed by atoms with van der Waals surface area (Å²) in [5.74, 6) is 0.501. The fourth-order valence-electron chi connectivity index (χ4n) is 2.59. The van der Waals surface area contributed by atoms with Crippen molar-refractivity contribution in [3.63, 3.8) is 0 Å². The molecule has 0 bridgehead atoms. The summed E-state index contributed by atoms with van der Waals surface area (Å²) in [4.78, 5) is 11.6. The predicted octanol–water partition coefficient (Wildman–Crippen LogP) is 5.59. The second-order valence-electron chi connectivity index (χ2n) is 5.62. The van der Waals surface area contributed by atoms with Gasteiger partial charge in [-0.2, -0.15) is 0 Å². The summed E-state index contributed by atoms with van der Waals surface area (Å²) in [7, 11) is 0. The second-order valence-corrected chi connectivity index (χ2v) is 5.62. The van der Waals surface area contributed by atoms with E-state index in [1.165, 1.54) is 64.2 Å². The summed E-state index contributed by atoms with van der Waals surface area (Å²) in [6.07, 6.45) is 21.5. The third-order valence-corrected chi connectivity index (χ3v) is 3.82. The summed E-state index contributed by atoms with van der Waals surface area (Å²) >= 11 is 0. The molecule has 0 aromatic heterocycles. The van der Waals surface area contributed by atoms with Crippen molar-refractivity contribution in [2.45, 2.75) is 89.9 Å². The van der Waals surface area contributed by atoms with Gasteiger partial charge in [-0.25, -0.2) is 0 Å². The molecule has 1 nitrogen and oxygen atoms in total. The van der Waals surface area contributed by atoms with Crippen LogP contribution in [0.15, 0.2) is 12.2 Å². The first-order chi connectivity index (χ1) is 8.89. The molecule has 0 heterocycles. The van der Waals surface area contributed by atoms with E-state index in [1.807, 2.05) is 0 Å². The van der Waals surface area contributed by atoms with Crippen molar-refractivity contribution in [1.29, 1.82) is 0 Å². The Kier molecular flexibility index (Phi) is 9.88. The molecular weight excluding hydrogens is 220 g/mol. The van der Waals surface area contributed by atoms with Crippen LogP contribution in [0.1, 0.15) is 89.9 Å². The molecule has 0 spiro atoms. The fourth-order valence-corrected chi connectivity index (χ4v) is 2.59. The zero-order valence-electron chi connectivity index (χ0n) is 12.0. The number of rotatable bonds is 0. The van der Waals surface area contributed by atoms with Crippen molar-refractivity contribution in [3.8, 4) is 0 Å². The second kappa shape index (κ2) is 11.5. The molecule has 0 saturated carbocycles.